The molecule has 0 aliphatic rings. The van der Waals surface area contributed by atoms with Crippen molar-refractivity contribution in [1.29, 1.82) is 0 Å². The minimum Gasteiger partial charge on any atom is -0.496 e. The normalized spacial score (nSPS) is 11.9. The van der Waals surface area contributed by atoms with Crippen molar-refractivity contribution < 1.29 is 9.53 Å². The van der Waals surface area contributed by atoms with E-state index in [4.69, 9.17) is 4.74 Å². The molecule has 2 rings (SSSR count). The lowest BCUT2D eigenvalue weighted by Gasteiger charge is -2.12. The number of carbonyl (C=O) groups is 1. The molecule has 98 valence electrons. The molecule has 0 N–H and O–H groups in total. The Kier molecular flexibility index (Phi) is 4.38. The van der Waals surface area contributed by atoms with Crippen LogP contribution in [-0.2, 0) is 0 Å². The molecule has 0 aliphatic carbocycles. The average molecular weight is 319 g/mol. The predicted octanol–water partition coefficient (Wildman–Crippen LogP) is 4.44. The zero-order chi connectivity index (χ0) is 13.8. The Morgan fingerprint density at radius 1 is 1.16 bits per heavy atom. The van der Waals surface area contributed by atoms with Crippen LogP contribution in [0.25, 0.3) is 0 Å². The number of carbonyl (C=O) groups excluding carboxylic acids is 1. The lowest BCUT2D eigenvalue weighted by Crippen LogP contribution is -2.09. The van der Waals surface area contributed by atoms with E-state index in [-0.39, 0.29) is 11.7 Å². The van der Waals surface area contributed by atoms with Gasteiger partial charge in [0.2, 0.25) is 0 Å². The van der Waals surface area contributed by atoms with Gasteiger partial charge in [-0.2, -0.15) is 0 Å². The van der Waals surface area contributed by atoms with Crippen LogP contribution in [0.5, 0.6) is 5.75 Å². The zero-order valence-corrected chi connectivity index (χ0v) is 12.5. The second-order valence-electron chi connectivity index (χ2n) is 4.35. The molecule has 0 fully saturated rings. The Morgan fingerprint density at radius 3 is 2.42 bits per heavy atom. The summed E-state index contributed by atoms with van der Waals surface area (Å²) in [6.07, 6.45) is 0. The van der Waals surface area contributed by atoms with Crippen LogP contribution in [0.3, 0.4) is 0 Å². The monoisotopic (exact) mass is 318 g/mol. The molecule has 2 aromatic carbocycles. The summed E-state index contributed by atoms with van der Waals surface area (Å²) in [7, 11) is 1.61. The van der Waals surface area contributed by atoms with E-state index in [0.717, 1.165) is 15.8 Å². The maximum absolute atomic E-state index is 12.4. The van der Waals surface area contributed by atoms with E-state index in [0.29, 0.717) is 5.56 Å². The Bertz CT molecular complexity index is 579. The first-order valence-corrected chi connectivity index (χ1v) is 6.85. The molecule has 0 radical (unpaired) electrons. The van der Waals surface area contributed by atoms with E-state index in [9.17, 15) is 4.79 Å². The first kappa shape index (κ1) is 13.8. The van der Waals surface area contributed by atoms with Crippen molar-refractivity contribution in [2.75, 3.05) is 7.11 Å². The summed E-state index contributed by atoms with van der Waals surface area (Å²) in [5, 5.41) is 0. The lowest BCUT2D eigenvalue weighted by atomic mass is 9.92. The minimum absolute atomic E-state index is 0.106. The molecule has 2 nitrogen and oxygen atoms in total. The van der Waals surface area contributed by atoms with Crippen molar-refractivity contribution in [2.45, 2.75) is 12.8 Å². The molecule has 2 aromatic rings. The highest BCUT2D eigenvalue weighted by molar-refractivity contribution is 9.10. The quantitative estimate of drug-likeness (QED) is 0.779. The molecule has 0 bridgehead atoms. The van der Waals surface area contributed by atoms with Crippen LogP contribution in [-0.4, -0.2) is 12.9 Å². The van der Waals surface area contributed by atoms with Gasteiger partial charge < -0.3 is 4.74 Å². The van der Waals surface area contributed by atoms with Crippen molar-refractivity contribution in [3.05, 3.63) is 64.1 Å². The summed E-state index contributed by atoms with van der Waals surface area (Å²) < 4.78 is 5.96. The third-order valence-corrected chi connectivity index (χ3v) is 3.75. The number of methoxy groups -OCH3 is 1. The number of ketones is 1. The number of rotatable bonds is 4. The Morgan fingerprint density at radius 2 is 1.84 bits per heavy atom. The van der Waals surface area contributed by atoms with E-state index in [1.54, 1.807) is 25.3 Å². The van der Waals surface area contributed by atoms with Gasteiger partial charge in [0.05, 0.1) is 11.6 Å². The van der Waals surface area contributed by atoms with Gasteiger partial charge in [0.25, 0.3) is 0 Å². The third-order valence-electron chi connectivity index (χ3n) is 3.13. The molecule has 1 unspecified atom stereocenters. The van der Waals surface area contributed by atoms with Gasteiger partial charge in [-0.25, -0.2) is 0 Å². The molecule has 0 spiro atoms. The SMILES string of the molecule is COc1ccc(C(=O)C(C)c2ccccc2)cc1Br. The lowest BCUT2D eigenvalue weighted by molar-refractivity contribution is 0.0966. The summed E-state index contributed by atoms with van der Waals surface area (Å²) >= 11 is 3.40. The third kappa shape index (κ3) is 3.04. The summed E-state index contributed by atoms with van der Waals surface area (Å²) in [6, 6.07) is 15.2. The Hall–Kier alpha value is -1.61. The number of ether oxygens (including phenoxy) is 1. The van der Waals surface area contributed by atoms with Gasteiger partial charge in [0.1, 0.15) is 5.75 Å². The predicted molar refractivity (Wildman–Crippen MR) is 79.9 cm³/mol. The number of halogens is 1. The standard InChI is InChI=1S/C16H15BrO2/c1-11(12-6-4-3-5-7-12)16(18)13-8-9-15(19-2)14(17)10-13/h3-11H,1-2H3. The highest BCUT2D eigenvalue weighted by atomic mass is 79.9. The first-order valence-electron chi connectivity index (χ1n) is 6.06. The Labute approximate surface area is 121 Å². The van der Waals surface area contributed by atoms with E-state index in [1.165, 1.54) is 0 Å². The van der Waals surface area contributed by atoms with E-state index in [2.05, 4.69) is 15.9 Å². The summed E-state index contributed by atoms with van der Waals surface area (Å²) in [4.78, 5) is 12.4. The zero-order valence-electron chi connectivity index (χ0n) is 10.9. The molecule has 0 amide bonds. The van der Waals surface area contributed by atoms with Gasteiger partial charge in [0, 0.05) is 11.5 Å². The van der Waals surface area contributed by atoms with Crippen LogP contribution in [0.4, 0.5) is 0 Å². The summed E-state index contributed by atoms with van der Waals surface area (Å²) in [5.74, 6) is 0.681. The maximum Gasteiger partial charge on any atom is 0.170 e. The molecule has 0 saturated carbocycles. The minimum atomic E-state index is -0.151. The average Bonchev–Trinajstić information content (AvgIpc) is 2.46. The molecular formula is C16H15BrO2. The van der Waals surface area contributed by atoms with Gasteiger partial charge in [0.15, 0.2) is 5.78 Å². The van der Waals surface area contributed by atoms with E-state index in [1.807, 2.05) is 37.3 Å². The molecule has 1 atom stereocenters. The van der Waals surface area contributed by atoms with Gasteiger partial charge in [-0.15, -0.1) is 0 Å². The smallest absolute Gasteiger partial charge is 0.170 e. The largest absolute Gasteiger partial charge is 0.496 e. The molecule has 3 heteroatoms. The number of benzene rings is 2. The molecule has 0 aliphatic heterocycles. The number of hydrogen-bond acceptors (Lipinski definition) is 2. The Balaban J connectivity index is 2.27. The van der Waals surface area contributed by atoms with Crippen molar-refractivity contribution in [2.24, 2.45) is 0 Å². The second kappa shape index (κ2) is 6.02. The number of Topliss-reactive ketones (excluding diaryl/α,β-unsaturated/α-hetero) is 1. The fourth-order valence-electron chi connectivity index (χ4n) is 1.96. The highest BCUT2D eigenvalue weighted by Crippen LogP contribution is 2.28. The molecule has 0 aromatic heterocycles. The van der Waals surface area contributed by atoms with Crippen LogP contribution >= 0.6 is 15.9 Å². The maximum atomic E-state index is 12.4. The van der Waals surface area contributed by atoms with Gasteiger partial charge in [-0.1, -0.05) is 37.3 Å². The van der Waals surface area contributed by atoms with Crippen molar-refractivity contribution in [3.8, 4) is 5.75 Å². The van der Waals surface area contributed by atoms with Crippen LogP contribution in [0.1, 0.15) is 28.8 Å². The van der Waals surface area contributed by atoms with E-state index < -0.39 is 0 Å². The summed E-state index contributed by atoms with van der Waals surface area (Å²) in [5.41, 5.74) is 1.71. The van der Waals surface area contributed by atoms with E-state index >= 15 is 0 Å². The van der Waals surface area contributed by atoms with Crippen LogP contribution < -0.4 is 4.74 Å². The van der Waals surface area contributed by atoms with Crippen LogP contribution in [0.2, 0.25) is 0 Å². The highest BCUT2D eigenvalue weighted by Gasteiger charge is 2.17. The van der Waals surface area contributed by atoms with Crippen molar-refractivity contribution >= 4 is 21.7 Å². The fraction of sp³-hybridized carbons (Fsp3) is 0.188. The van der Waals surface area contributed by atoms with Gasteiger partial charge in [-0.3, -0.25) is 4.79 Å². The van der Waals surface area contributed by atoms with Crippen LogP contribution in [0.15, 0.2) is 53.0 Å². The second-order valence-corrected chi connectivity index (χ2v) is 5.20. The van der Waals surface area contributed by atoms with Gasteiger partial charge in [-0.05, 0) is 39.7 Å². The summed E-state index contributed by atoms with van der Waals surface area (Å²) in [6.45, 7) is 1.93. The van der Waals surface area contributed by atoms with Crippen molar-refractivity contribution in [1.82, 2.24) is 0 Å². The molecular weight excluding hydrogens is 304 g/mol. The first-order chi connectivity index (χ1) is 9.13. The van der Waals surface area contributed by atoms with Gasteiger partial charge >= 0.3 is 0 Å². The van der Waals surface area contributed by atoms with Crippen molar-refractivity contribution in [3.63, 3.8) is 0 Å². The van der Waals surface area contributed by atoms with Crippen LogP contribution in [0, 0.1) is 0 Å². The fourth-order valence-corrected chi connectivity index (χ4v) is 2.50. The molecule has 0 saturated heterocycles. The number of hydrogen-bond donors (Lipinski definition) is 0. The molecule has 0 heterocycles. The topological polar surface area (TPSA) is 26.3 Å². The molecule has 19 heavy (non-hydrogen) atoms.